The summed E-state index contributed by atoms with van der Waals surface area (Å²) in [5, 5.41) is 13.0. The Bertz CT molecular complexity index is 864. The Kier molecular flexibility index (Phi) is 9.80. The van der Waals surface area contributed by atoms with Gasteiger partial charge in [-0.05, 0) is 53.0 Å². The summed E-state index contributed by atoms with van der Waals surface area (Å²) < 4.78 is 15.6. The van der Waals surface area contributed by atoms with E-state index in [0.717, 1.165) is 51.6 Å². The summed E-state index contributed by atoms with van der Waals surface area (Å²) >= 11 is 0. The molecule has 2 aliphatic rings. The molecule has 2 heterocycles. The predicted molar refractivity (Wildman–Crippen MR) is 131 cm³/mol. The number of anilines is 1. The zero-order chi connectivity index (χ0) is 25.5. The molecule has 0 aromatic carbocycles. The first-order valence-electron chi connectivity index (χ1n) is 12.9. The summed E-state index contributed by atoms with van der Waals surface area (Å²) in [5.74, 6) is -0.226. The number of hydrogen-bond acceptors (Lipinski definition) is 7. The van der Waals surface area contributed by atoms with Crippen LogP contribution < -0.4 is 10.2 Å². The minimum Gasteiger partial charge on any atom is -0.350 e. The van der Waals surface area contributed by atoms with Crippen LogP contribution in [-0.4, -0.2) is 76.2 Å². The quantitative estimate of drug-likeness (QED) is 0.263. The minimum absolute atomic E-state index is 0.0703. The summed E-state index contributed by atoms with van der Waals surface area (Å²) in [7, 11) is 2.07. The highest BCUT2D eigenvalue weighted by molar-refractivity contribution is 5.79. The second kappa shape index (κ2) is 12.6. The van der Waals surface area contributed by atoms with E-state index in [0.29, 0.717) is 41.5 Å². The van der Waals surface area contributed by atoms with Crippen molar-refractivity contribution in [3.05, 3.63) is 17.3 Å². The molecule has 1 saturated heterocycles. The number of rotatable bonds is 12. The fraction of sp³-hybridized carbons (Fsp3) is 0.760. The molecule has 1 aromatic heterocycles. The van der Waals surface area contributed by atoms with Crippen LogP contribution in [0.25, 0.3) is 0 Å². The first-order valence-corrected chi connectivity index (χ1v) is 12.9. The molecule has 0 unspecified atom stereocenters. The molecule has 0 radical (unpaired) electrons. The number of amides is 2. The fourth-order valence-corrected chi connectivity index (χ4v) is 5.25. The number of aryl methyl sites for hydroxylation is 1. The Morgan fingerprint density at radius 1 is 1.26 bits per heavy atom. The molecule has 0 spiro atoms. The van der Waals surface area contributed by atoms with Gasteiger partial charge in [0.15, 0.2) is 11.6 Å². The molecule has 2 fully saturated rings. The molecular formula is C25H41FN6O3. The van der Waals surface area contributed by atoms with Gasteiger partial charge in [0.25, 0.3) is 0 Å². The van der Waals surface area contributed by atoms with E-state index in [-0.39, 0.29) is 30.7 Å². The predicted octanol–water partition coefficient (Wildman–Crippen LogP) is 2.89. The van der Waals surface area contributed by atoms with Crippen molar-refractivity contribution >= 4 is 18.1 Å². The van der Waals surface area contributed by atoms with Crippen molar-refractivity contribution in [3.63, 3.8) is 0 Å². The van der Waals surface area contributed by atoms with Gasteiger partial charge in [0.05, 0.1) is 19.0 Å². The summed E-state index contributed by atoms with van der Waals surface area (Å²) in [5.41, 5.74) is 0.152. The summed E-state index contributed by atoms with van der Waals surface area (Å²) in [4.78, 5) is 36.9. The first-order chi connectivity index (χ1) is 16.7. The number of carbonyl (C=O) groups excluding carboxylic acids is 2. The number of likely N-dealkylation sites (N-methyl/N-ethyl adjacent to an activating group) is 1. The Hall–Kier alpha value is -2.33. The van der Waals surface area contributed by atoms with E-state index in [1.54, 1.807) is 6.92 Å². The monoisotopic (exact) mass is 492 g/mol. The van der Waals surface area contributed by atoms with Crippen molar-refractivity contribution in [2.75, 3.05) is 31.6 Å². The van der Waals surface area contributed by atoms with Gasteiger partial charge in [0.1, 0.15) is 11.5 Å². The Labute approximate surface area is 208 Å². The van der Waals surface area contributed by atoms with Crippen LogP contribution in [0.5, 0.6) is 0 Å². The van der Waals surface area contributed by atoms with E-state index in [4.69, 9.17) is 0 Å². The Morgan fingerprint density at radius 3 is 2.63 bits per heavy atom. The molecule has 1 aliphatic carbocycles. The van der Waals surface area contributed by atoms with E-state index in [2.05, 4.69) is 41.1 Å². The lowest BCUT2D eigenvalue weighted by molar-refractivity contribution is -0.155. The van der Waals surface area contributed by atoms with Crippen LogP contribution >= 0.6 is 0 Å². The van der Waals surface area contributed by atoms with E-state index in [1.807, 2.05) is 4.90 Å². The lowest BCUT2D eigenvalue weighted by atomic mass is 9.92. The highest BCUT2D eigenvalue weighted by atomic mass is 19.1. The topological polar surface area (TPSA) is 102 Å². The lowest BCUT2D eigenvalue weighted by Gasteiger charge is -2.31. The average Bonchev–Trinajstić information content (AvgIpc) is 3.50. The van der Waals surface area contributed by atoms with Gasteiger partial charge in [0.2, 0.25) is 12.3 Å². The molecule has 1 saturated carbocycles. The summed E-state index contributed by atoms with van der Waals surface area (Å²) in [6.07, 6.45) is 7.20. The van der Waals surface area contributed by atoms with Crippen LogP contribution in [0.2, 0.25) is 0 Å². The Morgan fingerprint density at radius 2 is 1.97 bits per heavy atom. The normalized spacial score (nSPS) is 19.5. The van der Waals surface area contributed by atoms with E-state index in [1.165, 1.54) is 0 Å². The van der Waals surface area contributed by atoms with Gasteiger partial charge in [-0.2, -0.15) is 0 Å². The molecule has 10 heteroatoms. The van der Waals surface area contributed by atoms with E-state index >= 15 is 4.39 Å². The van der Waals surface area contributed by atoms with Crippen molar-refractivity contribution in [2.24, 2.45) is 11.8 Å². The maximum absolute atomic E-state index is 15.6. The molecular weight excluding hydrogens is 451 g/mol. The minimum atomic E-state index is -0.562. The third-order valence-corrected chi connectivity index (χ3v) is 7.47. The molecule has 2 amide bonds. The summed E-state index contributed by atoms with van der Waals surface area (Å²) in [6.45, 7) is 7.42. The van der Waals surface area contributed by atoms with Crippen LogP contribution in [0.4, 0.5) is 10.2 Å². The lowest BCUT2D eigenvalue weighted by Crippen LogP contribution is -2.42. The van der Waals surface area contributed by atoms with E-state index in [9.17, 15) is 14.8 Å². The molecule has 1 aliphatic heterocycles. The van der Waals surface area contributed by atoms with Gasteiger partial charge in [-0.3, -0.25) is 14.8 Å². The molecule has 35 heavy (non-hydrogen) atoms. The van der Waals surface area contributed by atoms with Gasteiger partial charge in [-0.15, -0.1) is 0 Å². The maximum Gasteiger partial charge on any atom is 0.233 e. The third-order valence-electron chi connectivity index (χ3n) is 7.47. The van der Waals surface area contributed by atoms with Gasteiger partial charge < -0.3 is 15.1 Å². The summed E-state index contributed by atoms with van der Waals surface area (Å²) in [6, 6.07) is 0.565. The number of hydroxylamine groups is 2. The average molecular weight is 493 g/mol. The highest BCUT2D eigenvalue weighted by Crippen LogP contribution is 2.31. The largest absolute Gasteiger partial charge is 0.350 e. The molecule has 9 nitrogen and oxygen atoms in total. The number of nitrogens with zero attached hydrogens (tertiary/aromatic N) is 5. The highest BCUT2D eigenvalue weighted by Gasteiger charge is 2.31. The van der Waals surface area contributed by atoms with Crippen molar-refractivity contribution in [1.82, 2.24) is 25.2 Å². The van der Waals surface area contributed by atoms with Crippen LogP contribution in [0.3, 0.4) is 0 Å². The fourth-order valence-electron chi connectivity index (χ4n) is 5.25. The number of carbonyl (C=O) groups is 2. The van der Waals surface area contributed by atoms with Crippen molar-refractivity contribution in [2.45, 2.75) is 84.3 Å². The zero-order valence-electron chi connectivity index (χ0n) is 21.5. The zero-order valence-corrected chi connectivity index (χ0v) is 21.5. The molecule has 1 aromatic rings. The van der Waals surface area contributed by atoms with Gasteiger partial charge in [-0.1, -0.05) is 25.7 Å². The molecule has 196 valence electrons. The molecule has 0 bridgehead atoms. The second-order valence-corrected chi connectivity index (χ2v) is 10.4. The van der Waals surface area contributed by atoms with Crippen molar-refractivity contribution in [1.29, 1.82) is 0 Å². The van der Waals surface area contributed by atoms with Crippen LogP contribution in [0.1, 0.15) is 70.3 Å². The number of nitrogens with one attached hydrogen (secondary N) is 1. The van der Waals surface area contributed by atoms with Gasteiger partial charge >= 0.3 is 0 Å². The van der Waals surface area contributed by atoms with Crippen molar-refractivity contribution in [3.8, 4) is 0 Å². The molecule has 3 rings (SSSR count). The van der Waals surface area contributed by atoms with E-state index < -0.39 is 11.7 Å². The van der Waals surface area contributed by atoms with Crippen LogP contribution in [-0.2, 0) is 16.1 Å². The Balaban J connectivity index is 1.71. The number of hydrogen-bond donors (Lipinski definition) is 2. The van der Waals surface area contributed by atoms with Gasteiger partial charge in [0, 0.05) is 25.2 Å². The van der Waals surface area contributed by atoms with Crippen LogP contribution in [0, 0.1) is 24.6 Å². The standard InChI is InChI=1S/C25H41FN6O3/c1-17(2)30(4)15-21-10-7-11-32(21)24-23(26)22(28-18(3)29-24)13-27-25(34)20(14-31(35)16-33)12-19-8-5-6-9-19/h16-17,19-21,35H,5-15H2,1-4H3,(H,27,34)/t20-,21+/m1/s1. The number of aromatic nitrogens is 2. The van der Waals surface area contributed by atoms with Crippen molar-refractivity contribution < 1.29 is 19.2 Å². The van der Waals surface area contributed by atoms with Crippen LogP contribution in [0.15, 0.2) is 0 Å². The maximum atomic E-state index is 15.6. The SMILES string of the molecule is Cc1nc(CNC(=O)[C@H](CC2CCCC2)CN(O)C=O)c(F)c(N2CCC[C@H]2CN(C)C(C)C)n1. The smallest absolute Gasteiger partial charge is 0.233 e. The second-order valence-electron chi connectivity index (χ2n) is 10.4. The molecule has 2 atom stereocenters. The molecule has 2 N–H and O–H groups in total. The third kappa shape index (κ3) is 7.33. The van der Waals surface area contributed by atoms with Gasteiger partial charge in [-0.25, -0.2) is 19.4 Å². The number of halogens is 1. The first kappa shape index (κ1) is 27.3.